The molecule has 26 heavy (non-hydrogen) atoms. The van der Waals surface area contributed by atoms with Crippen molar-refractivity contribution in [2.75, 3.05) is 7.11 Å². The third-order valence-electron chi connectivity index (χ3n) is 5.26. The van der Waals surface area contributed by atoms with Crippen molar-refractivity contribution in [2.45, 2.75) is 19.0 Å². The third-order valence-corrected chi connectivity index (χ3v) is 5.26. The van der Waals surface area contributed by atoms with E-state index in [2.05, 4.69) is 22.6 Å². The molecular weight excluding hydrogens is 352 g/mol. The molecule has 1 aromatic carbocycles. The fourth-order valence-corrected chi connectivity index (χ4v) is 3.94. The van der Waals surface area contributed by atoms with Gasteiger partial charge >= 0.3 is 0 Å². The van der Waals surface area contributed by atoms with Gasteiger partial charge in [-0.15, -0.1) is 12.4 Å². The number of carbonyl (C=O) groups excluding carboxylic acids is 1. The van der Waals surface area contributed by atoms with E-state index in [9.17, 15) is 4.79 Å². The van der Waals surface area contributed by atoms with Crippen LogP contribution in [0, 0.1) is 17.8 Å². The number of benzene rings is 1. The minimum Gasteiger partial charge on any atom is -0.494 e. The SMILES string of the molecule is COc1ccccc1-n1cc(CNC(=O)[C@H]2[C@@H](N)[C@H]3C=C[C@@H]2C3)cn1.Cl. The molecule has 1 aromatic heterocycles. The summed E-state index contributed by atoms with van der Waals surface area (Å²) in [4.78, 5) is 12.5. The third kappa shape index (κ3) is 3.22. The minimum absolute atomic E-state index is 0. The first kappa shape index (κ1) is 18.5. The van der Waals surface area contributed by atoms with Crippen LogP contribution in [0.5, 0.6) is 5.75 Å². The summed E-state index contributed by atoms with van der Waals surface area (Å²) in [5, 5.41) is 7.39. The minimum atomic E-state index is -0.112. The largest absolute Gasteiger partial charge is 0.494 e. The van der Waals surface area contributed by atoms with Crippen LogP contribution in [0.1, 0.15) is 12.0 Å². The Morgan fingerprint density at radius 1 is 1.35 bits per heavy atom. The predicted molar refractivity (Wildman–Crippen MR) is 101 cm³/mol. The van der Waals surface area contributed by atoms with Gasteiger partial charge in [0.2, 0.25) is 5.91 Å². The lowest BCUT2D eigenvalue weighted by molar-refractivity contribution is -0.126. The Bertz CT molecular complexity index is 819. The first-order chi connectivity index (χ1) is 12.2. The molecule has 1 amide bonds. The van der Waals surface area contributed by atoms with Crippen LogP contribution >= 0.6 is 12.4 Å². The van der Waals surface area contributed by atoms with Crippen LogP contribution in [0.2, 0.25) is 0 Å². The Labute approximate surface area is 158 Å². The molecule has 2 aromatic rings. The van der Waals surface area contributed by atoms with Crippen molar-refractivity contribution < 1.29 is 9.53 Å². The average Bonchev–Trinajstić information content (AvgIpc) is 3.35. The van der Waals surface area contributed by atoms with Crippen LogP contribution in [-0.4, -0.2) is 28.8 Å². The average molecular weight is 375 g/mol. The molecule has 7 heteroatoms. The van der Waals surface area contributed by atoms with Crippen molar-refractivity contribution in [1.82, 2.24) is 15.1 Å². The summed E-state index contributed by atoms with van der Waals surface area (Å²) in [5.41, 5.74) is 8.00. The van der Waals surface area contributed by atoms with E-state index >= 15 is 0 Å². The molecule has 4 atom stereocenters. The summed E-state index contributed by atoms with van der Waals surface area (Å²) >= 11 is 0. The number of allylic oxidation sites excluding steroid dienone is 1. The normalized spacial score (nSPS) is 25.8. The van der Waals surface area contributed by atoms with Crippen molar-refractivity contribution in [3.05, 3.63) is 54.4 Å². The fourth-order valence-electron chi connectivity index (χ4n) is 3.94. The molecule has 0 unspecified atom stereocenters. The number of halogens is 1. The summed E-state index contributed by atoms with van der Waals surface area (Å²) < 4.78 is 7.12. The first-order valence-corrected chi connectivity index (χ1v) is 8.56. The number of fused-ring (bicyclic) bond motifs is 2. The van der Waals surface area contributed by atoms with E-state index in [1.165, 1.54) is 0 Å². The zero-order valence-electron chi connectivity index (χ0n) is 14.5. The number of aromatic nitrogens is 2. The zero-order chi connectivity index (χ0) is 17.4. The lowest BCUT2D eigenvalue weighted by atomic mass is 9.89. The lowest BCUT2D eigenvalue weighted by Crippen LogP contribution is -2.43. The Hall–Kier alpha value is -2.31. The molecule has 0 saturated heterocycles. The van der Waals surface area contributed by atoms with E-state index in [4.69, 9.17) is 10.5 Å². The monoisotopic (exact) mass is 374 g/mol. The van der Waals surface area contributed by atoms with Gasteiger partial charge in [-0.3, -0.25) is 4.79 Å². The molecule has 6 nitrogen and oxygen atoms in total. The van der Waals surface area contributed by atoms with Gasteiger partial charge in [0.05, 0.1) is 19.2 Å². The number of amides is 1. The van der Waals surface area contributed by atoms with Gasteiger partial charge in [-0.1, -0.05) is 24.3 Å². The van der Waals surface area contributed by atoms with Crippen molar-refractivity contribution >= 4 is 18.3 Å². The number of methoxy groups -OCH3 is 1. The zero-order valence-corrected chi connectivity index (χ0v) is 15.4. The Kier molecular flexibility index (Phi) is 5.34. The molecule has 138 valence electrons. The van der Waals surface area contributed by atoms with E-state index in [1.54, 1.807) is 18.0 Å². The number of hydrogen-bond donors (Lipinski definition) is 2. The van der Waals surface area contributed by atoms with Crippen LogP contribution in [-0.2, 0) is 11.3 Å². The summed E-state index contributed by atoms with van der Waals surface area (Å²) in [6.07, 6.45) is 8.95. The maximum atomic E-state index is 12.5. The van der Waals surface area contributed by atoms with Crippen LogP contribution in [0.15, 0.2) is 48.8 Å². The van der Waals surface area contributed by atoms with Gasteiger partial charge in [0, 0.05) is 24.3 Å². The molecule has 0 spiro atoms. The highest BCUT2D eigenvalue weighted by molar-refractivity contribution is 5.85. The molecular formula is C19H23ClN4O2. The molecule has 0 aliphatic heterocycles. The molecule has 0 radical (unpaired) electrons. The molecule has 2 aliphatic rings. The van der Waals surface area contributed by atoms with Gasteiger partial charge in [-0.05, 0) is 30.4 Å². The van der Waals surface area contributed by atoms with Crippen LogP contribution in [0.25, 0.3) is 5.69 Å². The number of nitrogens with two attached hydrogens (primary N) is 1. The fraction of sp³-hybridized carbons (Fsp3) is 0.368. The van der Waals surface area contributed by atoms with Gasteiger partial charge in [0.1, 0.15) is 11.4 Å². The van der Waals surface area contributed by atoms with E-state index in [0.29, 0.717) is 12.5 Å². The summed E-state index contributed by atoms with van der Waals surface area (Å²) in [6.45, 7) is 0.443. The van der Waals surface area contributed by atoms with Crippen molar-refractivity contribution in [2.24, 2.45) is 23.5 Å². The maximum Gasteiger partial charge on any atom is 0.225 e. The molecule has 2 aliphatic carbocycles. The summed E-state index contributed by atoms with van der Waals surface area (Å²) in [6, 6.07) is 7.62. The van der Waals surface area contributed by atoms with Crippen LogP contribution in [0.4, 0.5) is 0 Å². The van der Waals surface area contributed by atoms with E-state index in [1.807, 2.05) is 30.5 Å². The van der Waals surface area contributed by atoms with Crippen molar-refractivity contribution in [3.63, 3.8) is 0 Å². The Morgan fingerprint density at radius 3 is 2.85 bits per heavy atom. The number of nitrogens with zero attached hydrogens (tertiary/aromatic N) is 2. The Morgan fingerprint density at radius 2 is 2.12 bits per heavy atom. The van der Waals surface area contributed by atoms with Gasteiger partial charge in [-0.2, -0.15) is 5.10 Å². The molecule has 1 saturated carbocycles. The lowest BCUT2D eigenvalue weighted by Gasteiger charge is -2.23. The molecule has 1 heterocycles. The number of nitrogens with one attached hydrogen (secondary N) is 1. The summed E-state index contributed by atoms with van der Waals surface area (Å²) in [7, 11) is 1.64. The quantitative estimate of drug-likeness (QED) is 0.785. The first-order valence-electron chi connectivity index (χ1n) is 8.56. The number of carbonyl (C=O) groups is 1. The second kappa shape index (κ2) is 7.51. The van der Waals surface area contributed by atoms with Gasteiger partial charge in [0.15, 0.2) is 0 Å². The second-order valence-electron chi connectivity index (χ2n) is 6.73. The maximum absolute atomic E-state index is 12.5. The number of hydrogen-bond acceptors (Lipinski definition) is 4. The molecule has 1 fully saturated rings. The standard InChI is InChI=1S/C19H22N4O2.ClH/c1-25-16-5-3-2-4-15(16)23-11-12(10-22-23)9-21-19(24)17-13-6-7-14(8-13)18(17)20;/h2-7,10-11,13-14,17-18H,8-9,20H2,1H3,(H,21,24);1H/t13-,14+,17-,18+;/m1./s1. The Balaban J connectivity index is 0.00000196. The van der Waals surface area contributed by atoms with Crippen LogP contribution in [0.3, 0.4) is 0 Å². The van der Waals surface area contributed by atoms with Gasteiger partial charge < -0.3 is 15.8 Å². The van der Waals surface area contributed by atoms with E-state index < -0.39 is 0 Å². The van der Waals surface area contributed by atoms with Crippen LogP contribution < -0.4 is 15.8 Å². The molecule has 4 rings (SSSR count). The van der Waals surface area contributed by atoms with Crippen molar-refractivity contribution in [3.8, 4) is 11.4 Å². The van der Waals surface area contributed by atoms with Gasteiger partial charge in [-0.25, -0.2) is 4.68 Å². The highest BCUT2D eigenvalue weighted by Crippen LogP contribution is 2.42. The number of rotatable bonds is 5. The molecule has 2 bridgehead atoms. The van der Waals surface area contributed by atoms with Crippen molar-refractivity contribution in [1.29, 1.82) is 0 Å². The topological polar surface area (TPSA) is 82.2 Å². The second-order valence-corrected chi connectivity index (χ2v) is 6.73. The number of ether oxygens (including phenoxy) is 1. The predicted octanol–water partition coefficient (Wildman–Crippen LogP) is 2.07. The number of para-hydroxylation sites is 2. The highest BCUT2D eigenvalue weighted by Gasteiger charge is 2.46. The summed E-state index contributed by atoms with van der Waals surface area (Å²) in [5.74, 6) is 1.32. The highest BCUT2D eigenvalue weighted by atomic mass is 35.5. The van der Waals surface area contributed by atoms with Gasteiger partial charge in [0.25, 0.3) is 0 Å². The molecule has 3 N–H and O–H groups in total. The van der Waals surface area contributed by atoms with E-state index in [0.717, 1.165) is 23.4 Å². The smallest absolute Gasteiger partial charge is 0.225 e. The van der Waals surface area contributed by atoms with E-state index in [-0.39, 0.29) is 36.2 Å².